The lowest BCUT2D eigenvalue weighted by atomic mass is 9.89. The number of likely N-dealkylation sites (tertiary alicyclic amines) is 1. The third-order valence-corrected chi connectivity index (χ3v) is 7.66. The van der Waals surface area contributed by atoms with Gasteiger partial charge in [-0.05, 0) is 82.6 Å². The van der Waals surface area contributed by atoms with E-state index in [0.717, 1.165) is 31.5 Å². The third kappa shape index (κ3) is 6.54. The zero-order chi connectivity index (χ0) is 22.3. The summed E-state index contributed by atoms with van der Waals surface area (Å²) in [6.45, 7) is 7.93. The van der Waals surface area contributed by atoms with E-state index in [-0.39, 0.29) is 12.0 Å². The van der Waals surface area contributed by atoms with Gasteiger partial charge in [-0.1, -0.05) is 60.1 Å². The Morgan fingerprint density at radius 3 is 2.88 bits per heavy atom. The molecular weight excluding hydrogens is 396 g/mol. The van der Waals surface area contributed by atoms with Crippen LogP contribution in [0.5, 0.6) is 0 Å². The van der Waals surface area contributed by atoms with Crippen molar-refractivity contribution in [3.8, 4) is 0 Å². The summed E-state index contributed by atoms with van der Waals surface area (Å²) in [6, 6.07) is 8.32. The van der Waals surface area contributed by atoms with E-state index in [2.05, 4.69) is 47.5 Å². The zero-order valence-electron chi connectivity index (χ0n) is 19.8. The van der Waals surface area contributed by atoms with E-state index < -0.39 is 6.10 Å². The Morgan fingerprint density at radius 1 is 1.22 bits per heavy atom. The van der Waals surface area contributed by atoms with Crippen molar-refractivity contribution in [2.45, 2.75) is 64.1 Å². The molecular formula is C28H42N2O2. The Hall–Kier alpha value is -1.46. The topological polar surface area (TPSA) is 55.7 Å². The second kappa shape index (κ2) is 11.6. The van der Waals surface area contributed by atoms with Gasteiger partial charge < -0.3 is 20.4 Å². The van der Waals surface area contributed by atoms with Crippen molar-refractivity contribution >= 4 is 0 Å². The number of fused-ring (bicyclic) bond motifs is 1. The first-order valence-corrected chi connectivity index (χ1v) is 12.8. The molecule has 0 amide bonds. The SMILES string of the molecule is Cc1cccc(C[C@@H](O)C=C[C@@H]2[C@H]3CC(CNCCCN4CCCCC4)=C[C@H]3C[C@H]2O)c1. The lowest BCUT2D eigenvalue weighted by Gasteiger charge is -2.26. The number of rotatable bonds is 10. The first kappa shape index (κ1) is 23.7. The lowest BCUT2D eigenvalue weighted by Crippen LogP contribution is -2.32. The normalized spacial score (nSPS) is 29.4. The molecule has 0 aromatic heterocycles. The van der Waals surface area contributed by atoms with Gasteiger partial charge in [0.1, 0.15) is 0 Å². The molecule has 0 unspecified atom stereocenters. The molecule has 176 valence electrons. The van der Waals surface area contributed by atoms with Crippen LogP contribution in [0.2, 0.25) is 0 Å². The van der Waals surface area contributed by atoms with Crippen LogP contribution < -0.4 is 5.32 Å². The highest BCUT2D eigenvalue weighted by Gasteiger charge is 2.43. The largest absolute Gasteiger partial charge is 0.392 e. The molecule has 5 atom stereocenters. The number of hydrogen-bond donors (Lipinski definition) is 3. The number of nitrogens with zero attached hydrogens (tertiary/aromatic N) is 1. The second-order valence-corrected chi connectivity index (χ2v) is 10.3. The number of aliphatic hydroxyl groups excluding tert-OH is 2. The molecule has 0 spiro atoms. The van der Waals surface area contributed by atoms with Gasteiger partial charge in [0.15, 0.2) is 0 Å². The van der Waals surface area contributed by atoms with Gasteiger partial charge in [-0.3, -0.25) is 0 Å². The van der Waals surface area contributed by atoms with Crippen molar-refractivity contribution < 1.29 is 10.2 Å². The number of aliphatic hydroxyl groups is 2. The highest BCUT2D eigenvalue weighted by molar-refractivity contribution is 5.24. The molecule has 0 bridgehead atoms. The summed E-state index contributed by atoms with van der Waals surface area (Å²) in [7, 11) is 0. The van der Waals surface area contributed by atoms with E-state index in [4.69, 9.17) is 0 Å². The number of piperidine rings is 1. The molecule has 2 fully saturated rings. The highest BCUT2D eigenvalue weighted by atomic mass is 16.3. The van der Waals surface area contributed by atoms with Crippen LogP contribution in [-0.4, -0.2) is 60.0 Å². The van der Waals surface area contributed by atoms with E-state index in [1.165, 1.54) is 56.5 Å². The fraction of sp³-hybridized carbons (Fsp3) is 0.643. The van der Waals surface area contributed by atoms with E-state index in [0.29, 0.717) is 18.3 Å². The minimum absolute atomic E-state index is 0.153. The molecule has 1 aliphatic heterocycles. The molecule has 32 heavy (non-hydrogen) atoms. The Bertz CT molecular complexity index is 783. The maximum atomic E-state index is 10.6. The fourth-order valence-electron chi connectivity index (χ4n) is 6.00. The van der Waals surface area contributed by atoms with Gasteiger partial charge in [0.2, 0.25) is 0 Å². The molecule has 4 rings (SSSR count). The van der Waals surface area contributed by atoms with Gasteiger partial charge in [0, 0.05) is 18.9 Å². The van der Waals surface area contributed by atoms with Crippen molar-refractivity contribution in [1.29, 1.82) is 0 Å². The van der Waals surface area contributed by atoms with Crippen LogP contribution in [0.15, 0.2) is 48.1 Å². The van der Waals surface area contributed by atoms with E-state index in [1.807, 2.05) is 12.1 Å². The maximum Gasteiger partial charge on any atom is 0.0761 e. The number of benzene rings is 1. The van der Waals surface area contributed by atoms with Gasteiger partial charge in [-0.15, -0.1) is 0 Å². The summed E-state index contributed by atoms with van der Waals surface area (Å²) in [6.07, 6.45) is 13.6. The summed E-state index contributed by atoms with van der Waals surface area (Å²) < 4.78 is 0. The minimum Gasteiger partial charge on any atom is -0.392 e. The Morgan fingerprint density at radius 2 is 2.06 bits per heavy atom. The molecule has 4 nitrogen and oxygen atoms in total. The quantitative estimate of drug-likeness (QED) is 0.384. The number of hydrogen-bond acceptors (Lipinski definition) is 4. The molecule has 3 aliphatic rings. The standard InChI is InChI=1S/C28H42N2O2/c1-21-7-5-8-22(15-21)17-25(31)9-10-26-27-18-23(16-24(27)19-28(26)32)20-29-11-6-14-30-12-3-2-4-13-30/h5,7-10,15-16,24-29,31-32H,2-4,6,11-14,17-20H2,1H3/t24-,25-,26+,27-,28+/m0/s1. The van der Waals surface area contributed by atoms with Crippen molar-refractivity contribution in [2.24, 2.45) is 17.8 Å². The predicted octanol–water partition coefficient (Wildman–Crippen LogP) is 3.86. The van der Waals surface area contributed by atoms with Gasteiger partial charge >= 0.3 is 0 Å². The Balaban J connectivity index is 1.19. The minimum atomic E-state index is -0.501. The van der Waals surface area contributed by atoms with Crippen molar-refractivity contribution in [3.63, 3.8) is 0 Å². The molecule has 1 heterocycles. The predicted molar refractivity (Wildman–Crippen MR) is 132 cm³/mol. The first-order valence-electron chi connectivity index (χ1n) is 12.8. The van der Waals surface area contributed by atoms with E-state index in [9.17, 15) is 10.2 Å². The average Bonchev–Trinajstić information content (AvgIpc) is 3.29. The molecule has 3 N–H and O–H groups in total. The number of nitrogens with one attached hydrogen (secondary N) is 1. The molecule has 1 aromatic carbocycles. The lowest BCUT2D eigenvalue weighted by molar-refractivity contribution is 0.140. The Kier molecular flexibility index (Phi) is 8.59. The molecule has 2 aliphatic carbocycles. The van der Waals surface area contributed by atoms with Gasteiger partial charge in [-0.25, -0.2) is 0 Å². The van der Waals surface area contributed by atoms with Crippen molar-refractivity contribution in [1.82, 2.24) is 10.2 Å². The average molecular weight is 439 g/mol. The third-order valence-electron chi connectivity index (χ3n) is 7.66. The first-order chi connectivity index (χ1) is 15.6. The van der Waals surface area contributed by atoms with Gasteiger partial charge in [0.05, 0.1) is 12.2 Å². The molecule has 0 radical (unpaired) electrons. The fourth-order valence-corrected chi connectivity index (χ4v) is 6.00. The van der Waals surface area contributed by atoms with E-state index in [1.54, 1.807) is 0 Å². The van der Waals surface area contributed by atoms with Gasteiger partial charge in [-0.2, -0.15) is 0 Å². The number of aryl methyl sites for hydroxylation is 1. The molecule has 4 heteroatoms. The zero-order valence-corrected chi connectivity index (χ0v) is 19.8. The van der Waals surface area contributed by atoms with Crippen LogP contribution in [-0.2, 0) is 6.42 Å². The summed E-state index contributed by atoms with van der Waals surface area (Å²) in [5.74, 6) is 1.12. The van der Waals surface area contributed by atoms with Crippen LogP contribution >= 0.6 is 0 Å². The Labute approximate surface area is 194 Å². The van der Waals surface area contributed by atoms with Crippen LogP contribution in [0.1, 0.15) is 49.7 Å². The smallest absolute Gasteiger partial charge is 0.0761 e. The van der Waals surface area contributed by atoms with Crippen molar-refractivity contribution in [2.75, 3.05) is 32.7 Å². The highest BCUT2D eigenvalue weighted by Crippen LogP contribution is 2.47. The second-order valence-electron chi connectivity index (χ2n) is 10.3. The molecule has 1 saturated carbocycles. The summed E-state index contributed by atoms with van der Waals surface area (Å²) in [5.41, 5.74) is 3.88. The van der Waals surface area contributed by atoms with Crippen LogP contribution in [0.4, 0.5) is 0 Å². The van der Waals surface area contributed by atoms with Crippen LogP contribution in [0, 0.1) is 24.7 Å². The van der Waals surface area contributed by atoms with Crippen LogP contribution in [0.25, 0.3) is 0 Å². The molecule has 1 aromatic rings. The summed E-state index contributed by atoms with van der Waals surface area (Å²) >= 11 is 0. The monoisotopic (exact) mass is 438 g/mol. The van der Waals surface area contributed by atoms with Crippen molar-refractivity contribution in [3.05, 3.63) is 59.2 Å². The maximum absolute atomic E-state index is 10.6. The van der Waals surface area contributed by atoms with Gasteiger partial charge in [0.25, 0.3) is 0 Å². The number of allylic oxidation sites excluding steroid dienone is 1. The summed E-state index contributed by atoms with van der Waals surface area (Å²) in [4.78, 5) is 2.61. The molecule has 1 saturated heterocycles. The van der Waals surface area contributed by atoms with Crippen LogP contribution in [0.3, 0.4) is 0 Å². The van der Waals surface area contributed by atoms with E-state index >= 15 is 0 Å². The summed E-state index contributed by atoms with van der Waals surface area (Å²) in [5, 5.41) is 24.8.